The second-order valence-corrected chi connectivity index (χ2v) is 5.47. The minimum atomic E-state index is -4.17. The quantitative estimate of drug-likeness (QED) is 0.777. The van der Waals surface area contributed by atoms with Gasteiger partial charge in [-0.2, -0.15) is 13.2 Å². The largest absolute Gasteiger partial charge is 0.396 e. The molecule has 0 radical (unpaired) electrons. The number of fused-ring (bicyclic) bond motifs is 1. The van der Waals surface area contributed by atoms with Gasteiger partial charge in [-0.15, -0.1) is 0 Å². The van der Waals surface area contributed by atoms with Crippen LogP contribution < -0.4 is 0 Å². The first-order valence-electron chi connectivity index (χ1n) is 6.17. The van der Waals surface area contributed by atoms with Crippen molar-refractivity contribution in [3.8, 4) is 0 Å². The fourth-order valence-electron chi connectivity index (χ4n) is 3.45. The molecule has 2 fully saturated rings. The highest BCUT2D eigenvalue weighted by molar-refractivity contribution is 4.96. The van der Waals surface area contributed by atoms with Crippen LogP contribution in [0.1, 0.15) is 26.7 Å². The maximum atomic E-state index is 12.8. The van der Waals surface area contributed by atoms with Gasteiger partial charge >= 0.3 is 6.18 Å². The number of aliphatic hydroxyl groups is 1. The molecule has 0 aromatic carbocycles. The lowest BCUT2D eigenvalue weighted by Gasteiger charge is -2.38. The fourth-order valence-corrected chi connectivity index (χ4v) is 3.45. The monoisotopic (exact) mass is 252 g/mol. The van der Waals surface area contributed by atoms with Crippen LogP contribution in [0.15, 0.2) is 0 Å². The molecule has 1 heterocycles. The standard InChI is InChI=1S/C12H19F3O2/c1-6-7(2)17-10-4-9(12(13,14)15)3-8(5-16)11(6)10/h6-11,16H,3-5H2,1-2H3/t6-,7-,8+,9+,10+,11+/m0/s1. The van der Waals surface area contributed by atoms with Gasteiger partial charge in [-0.25, -0.2) is 0 Å². The van der Waals surface area contributed by atoms with Gasteiger partial charge in [-0.3, -0.25) is 0 Å². The molecule has 1 saturated heterocycles. The highest BCUT2D eigenvalue weighted by Gasteiger charge is 2.53. The molecule has 1 N–H and O–H groups in total. The minimum absolute atomic E-state index is 0.00830. The van der Waals surface area contributed by atoms with Crippen LogP contribution >= 0.6 is 0 Å². The first-order chi connectivity index (χ1) is 7.84. The SMILES string of the molecule is C[C@@H]1[C@@H]2[C@@H](CO)C[C@@H](C(F)(F)F)C[C@H]2O[C@H]1C. The summed E-state index contributed by atoms with van der Waals surface area (Å²) in [6.07, 6.45) is -4.42. The van der Waals surface area contributed by atoms with E-state index in [1.165, 1.54) is 0 Å². The van der Waals surface area contributed by atoms with E-state index in [-0.39, 0.29) is 49.4 Å². The van der Waals surface area contributed by atoms with E-state index in [2.05, 4.69) is 0 Å². The van der Waals surface area contributed by atoms with Gasteiger partial charge < -0.3 is 9.84 Å². The Labute approximate surface area is 99.1 Å². The molecular weight excluding hydrogens is 233 g/mol. The molecular formula is C12H19F3O2. The number of hydrogen-bond acceptors (Lipinski definition) is 2. The number of halogens is 3. The van der Waals surface area contributed by atoms with Gasteiger partial charge in [0.25, 0.3) is 0 Å². The molecule has 100 valence electrons. The molecule has 17 heavy (non-hydrogen) atoms. The van der Waals surface area contributed by atoms with Crippen molar-refractivity contribution in [2.75, 3.05) is 6.61 Å². The molecule has 0 bridgehead atoms. The summed E-state index contributed by atoms with van der Waals surface area (Å²) >= 11 is 0. The Morgan fingerprint density at radius 2 is 1.88 bits per heavy atom. The van der Waals surface area contributed by atoms with Gasteiger partial charge in [0.15, 0.2) is 0 Å². The number of aliphatic hydroxyl groups excluding tert-OH is 1. The summed E-state index contributed by atoms with van der Waals surface area (Å²) in [5.41, 5.74) is 0. The van der Waals surface area contributed by atoms with E-state index in [4.69, 9.17) is 4.74 Å². The second-order valence-electron chi connectivity index (χ2n) is 5.47. The zero-order valence-corrected chi connectivity index (χ0v) is 10.1. The summed E-state index contributed by atoms with van der Waals surface area (Å²) in [4.78, 5) is 0. The highest BCUT2D eigenvalue weighted by atomic mass is 19.4. The van der Waals surface area contributed by atoms with Crippen molar-refractivity contribution in [1.29, 1.82) is 0 Å². The van der Waals surface area contributed by atoms with Crippen LogP contribution in [0.3, 0.4) is 0 Å². The van der Waals surface area contributed by atoms with Crippen LogP contribution in [-0.2, 0) is 4.74 Å². The zero-order valence-electron chi connectivity index (χ0n) is 10.1. The first-order valence-corrected chi connectivity index (χ1v) is 6.17. The lowest BCUT2D eigenvalue weighted by Crippen LogP contribution is -2.42. The number of rotatable bonds is 1. The molecule has 0 amide bonds. The van der Waals surface area contributed by atoms with Crippen molar-refractivity contribution in [3.63, 3.8) is 0 Å². The Balaban J connectivity index is 2.16. The van der Waals surface area contributed by atoms with Crippen molar-refractivity contribution in [2.24, 2.45) is 23.7 Å². The lowest BCUT2D eigenvalue weighted by molar-refractivity contribution is -0.201. The number of alkyl halides is 3. The molecule has 0 aromatic heterocycles. The second kappa shape index (κ2) is 4.43. The molecule has 5 heteroatoms. The van der Waals surface area contributed by atoms with Gasteiger partial charge in [0, 0.05) is 6.61 Å². The van der Waals surface area contributed by atoms with E-state index >= 15 is 0 Å². The Kier molecular flexibility index (Phi) is 3.42. The number of hydrogen-bond donors (Lipinski definition) is 1. The molecule has 1 aliphatic carbocycles. The Morgan fingerprint density at radius 1 is 1.24 bits per heavy atom. The van der Waals surface area contributed by atoms with E-state index in [0.29, 0.717) is 0 Å². The van der Waals surface area contributed by atoms with E-state index in [1.807, 2.05) is 13.8 Å². The third-order valence-corrected chi connectivity index (χ3v) is 4.51. The topological polar surface area (TPSA) is 29.5 Å². The van der Waals surface area contributed by atoms with Gasteiger partial charge in [0.05, 0.1) is 18.1 Å². The average Bonchev–Trinajstić information content (AvgIpc) is 2.52. The maximum Gasteiger partial charge on any atom is 0.391 e. The predicted molar refractivity (Wildman–Crippen MR) is 56.3 cm³/mol. The third kappa shape index (κ3) is 2.32. The van der Waals surface area contributed by atoms with Crippen molar-refractivity contribution < 1.29 is 23.0 Å². The normalized spacial score (nSPS) is 46.9. The van der Waals surface area contributed by atoms with Gasteiger partial charge in [-0.1, -0.05) is 6.92 Å². The van der Waals surface area contributed by atoms with Crippen molar-refractivity contribution in [3.05, 3.63) is 0 Å². The third-order valence-electron chi connectivity index (χ3n) is 4.51. The van der Waals surface area contributed by atoms with Crippen LogP contribution in [0.25, 0.3) is 0 Å². The van der Waals surface area contributed by atoms with Crippen LogP contribution in [0.4, 0.5) is 13.2 Å². The molecule has 0 aromatic rings. The van der Waals surface area contributed by atoms with Gasteiger partial charge in [-0.05, 0) is 37.5 Å². The Bertz CT molecular complexity index is 271. The van der Waals surface area contributed by atoms with E-state index in [0.717, 1.165) is 0 Å². The molecule has 0 unspecified atom stereocenters. The summed E-state index contributed by atoms with van der Waals surface area (Å²) in [6.45, 7) is 3.74. The lowest BCUT2D eigenvalue weighted by atomic mass is 9.68. The molecule has 6 atom stereocenters. The summed E-state index contributed by atoms with van der Waals surface area (Å²) in [5, 5.41) is 9.30. The Morgan fingerprint density at radius 3 is 2.41 bits per heavy atom. The van der Waals surface area contributed by atoms with Crippen molar-refractivity contribution in [2.45, 2.75) is 45.1 Å². The molecule has 0 spiro atoms. The maximum absolute atomic E-state index is 12.8. The summed E-state index contributed by atoms with van der Waals surface area (Å²) in [6, 6.07) is 0. The summed E-state index contributed by atoms with van der Waals surface area (Å²) in [7, 11) is 0. The fraction of sp³-hybridized carbons (Fsp3) is 1.00. The molecule has 2 nitrogen and oxygen atoms in total. The predicted octanol–water partition coefficient (Wildman–Crippen LogP) is 2.61. The van der Waals surface area contributed by atoms with E-state index in [9.17, 15) is 18.3 Å². The van der Waals surface area contributed by atoms with E-state index in [1.54, 1.807) is 0 Å². The van der Waals surface area contributed by atoms with Gasteiger partial charge in [0.2, 0.25) is 0 Å². The smallest absolute Gasteiger partial charge is 0.391 e. The van der Waals surface area contributed by atoms with Crippen LogP contribution in [0.5, 0.6) is 0 Å². The van der Waals surface area contributed by atoms with Crippen LogP contribution in [0.2, 0.25) is 0 Å². The van der Waals surface area contributed by atoms with Crippen LogP contribution in [-0.4, -0.2) is 30.1 Å². The first kappa shape index (κ1) is 13.1. The Hall–Kier alpha value is -0.290. The molecule has 2 rings (SSSR count). The summed E-state index contributed by atoms with van der Waals surface area (Å²) in [5.74, 6) is -1.29. The highest BCUT2D eigenvalue weighted by Crippen LogP contribution is 2.50. The average molecular weight is 252 g/mol. The molecule has 1 saturated carbocycles. The molecule has 2 aliphatic rings. The number of ether oxygens (including phenoxy) is 1. The minimum Gasteiger partial charge on any atom is -0.396 e. The van der Waals surface area contributed by atoms with Gasteiger partial charge in [0.1, 0.15) is 0 Å². The summed E-state index contributed by atoms with van der Waals surface area (Å²) < 4.78 is 43.9. The van der Waals surface area contributed by atoms with Crippen molar-refractivity contribution in [1.82, 2.24) is 0 Å². The molecule has 1 aliphatic heterocycles. The zero-order chi connectivity index (χ0) is 12.8. The van der Waals surface area contributed by atoms with Crippen LogP contribution in [0, 0.1) is 23.7 Å². The van der Waals surface area contributed by atoms with E-state index < -0.39 is 12.1 Å². The van der Waals surface area contributed by atoms with Crippen molar-refractivity contribution >= 4 is 0 Å².